The SMILES string of the molecule is CCCC(C)OC(=O)O[C@@H](C)CC(N)(Cc1ccc(OC(=O)C(C)C(C)C)c(OC(=O)C(C)C(C)C)c1)C(=O)O. The smallest absolute Gasteiger partial charge is 0.480 e. The van der Waals surface area contributed by atoms with E-state index in [-0.39, 0.29) is 42.3 Å². The fourth-order valence-electron chi connectivity index (χ4n) is 3.75. The maximum atomic E-state index is 12.8. The normalized spacial score (nSPS) is 15.9. The summed E-state index contributed by atoms with van der Waals surface area (Å²) in [5, 5.41) is 9.98. The third-order valence-electron chi connectivity index (χ3n) is 7.06. The van der Waals surface area contributed by atoms with Crippen LogP contribution in [-0.2, 0) is 30.3 Å². The number of hydrogen-bond acceptors (Lipinski definition) is 9. The lowest BCUT2D eigenvalue weighted by Crippen LogP contribution is -2.52. The highest BCUT2D eigenvalue weighted by Gasteiger charge is 2.37. The zero-order valence-electron chi connectivity index (χ0n) is 25.3. The molecular formula is C30H47NO9. The van der Waals surface area contributed by atoms with E-state index in [1.807, 2.05) is 34.6 Å². The summed E-state index contributed by atoms with van der Waals surface area (Å²) < 4.78 is 21.6. The lowest BCUT2D eigenvalue weighted by atomic mass is 9.86. The van der Waals surface area contributed by atoms with Crippen molar-refractivity contribution in [1.82, 2.24) is 0 Å². The van der Waals surface area contributed by atoms with Crippen molar-refractivity contribution in [3.8, 4) is 11.5 Å². The topological polar surface area (TPSA) is 151 Å². The molecule has 0 aliphatic rings. The molecule has 5 atom stereocenters. The van der Waals surface area contributed by atoms with Crippen molar-refractivity contribution in [2.75, 3.05) is 0 Å². The fraction of sp³-hybridized carbons (Fsp3) is 0.667. The van der Waals surface area contributed by atoms with Gasteiger partial charge in [-0.2, -0.15) is 0 Å². The molecule has 40 heavy (non-hydrogen) atoms. The monoisotopic (exact) mass is 565 g/mol. The van der Waals surface area contributed by atoms with E-state index in [0.717, 1.165) is 6.42 Å². The minimum absolute atomic E-state index is 0.00415. The van der Waals surface area contributed by atoms with Gasteiger partial charge in [-0.25, -0.2) is 4.79 Å². The summed E-state index contributed by atoms with van der Waals surface area (Å²) in [5.74, 6) is -3.07. The summed E-state index contributed by atoms with van der Waals surface area (Å²) >= 11 is 0. The van der Waals surface area contributed by atoms with E-state index >= 15 is 0 Å². The maximum absolute atomic E-state index is 12.8. The molecule has 10 nitrogen and oxygen atoms in total. The summed E-state index contributed by atoms with van der Waals surface area (Å²) in [5.41, 5.74) is 4.90. The average Bonchev–Trinajstić information content (AvgIpc) is 2.83. The van der Waals surface area contributed by atoms with E-state index in [1.165, 1.54) is 19.1 Å². The van der Waals surface area contributed by atoms with E-state index in [1.54, 1.807) is 26.8 Å². The number of ether oxygens (including phenoxy) is 4. The second-order valence-electron chi connectivity index (χ2n) is 11.4. The summed E-state index contributed by atoms with van der Waals surface area (Å²) in [6.07, 6.45) is -0.968. The fourth-order valence-corrected chi connectivity index (χ4v) is 3.75. The van der Waals surface area contributed by atoms with Crippen LogP contribution in [-0.4, -0.2) is 46.9 Å². The Kier molecular flexibility index (Phi) is 13.6. The number of esters is 2. The molecule has 0 amide bonds. The number of carboxylic acid groups (broad SMARTS) is 1. The second-order valence-corrected chi connectivity index (χ2v) is 11.4. The summed E-state index contributed by atoms with van der Waals surface area (Å²) in [6, 6.07) is 4.46. The predicted octanol–water partition coefficient (Wildman–Crippen LogP) is 5.53. The Balaban J connectivity index is 3.23. The average molecular weight is 566 g/mol. The van der Waals surface area contributed by atoms with Gasteiger partial charge in [-0.1, -0.05) is 61.0 Å². The number of carbonyl (C=O) groups excluding carboxylic acids is 3. The highest BCUT2D eigenvalue weighted by atomic mass is 16.7. The van der Waals surface area contributed by atoms with Crippen molar-refractivity contribution in [2.45, 2.75) is 106 Å². The lowest BCUT2D eigenvalue weighted by Gasteiger charge is -2.28. The Labute approximate surface area is 237 Å². The van der Waals surface area contributed by atoms with Gasteiger partial charge in [0.2, 0.25) is 0 Å². The molecule has 3 N–H and O–H groups in total. The van der Waals surface area contributed by atoms with E-state index < -0.39 is 47.5 Å². The van der Waals surface area contributed by atoms with Crippen molar-refractivity contribution in [2.24, 2.45) is 29.4 Å². The van der Waals surface area contributed by atoms with Crippen LogP contribution >= 0.6 is 0 Å². The van der Waals surface area contributed by atoms with Crippen LogP contribution in [0.3, 0.4) is 0 Å². The zero-order valence-corrected chi connectivity index (χ0v) is 25.3. The van der Waals surface area contributed by atoms with Crippen LogP contribution in [0.1, 0.15) is 87.1 Å². The first-order chi connectivity index (χ1) is 18.5. The van der Waals surface area contributed by atoms with Crippen molar-refractivity contribution < 1.29 is 43.2 Å². The summed E-state index contributed by atoms with van der Waals surface area (Å²) in [7, 11) is 0. The third kappa shape index (κ3) is 10.8. The van der Waals surface area contributed by atoms with Crippen molar-refractivity contribution in [3.63, 3.8) is 0 Å². The minimum Gasteiger partial charge on any atom is -0.480 e. The van der Waals surface area contributed by atoms with Crippen LogP contribution in [0.5, 0.6) is 11.5 Å². The second kappa shape index (κ2) is 15.6. The van der Waals surface area contributed by atoms with Crippen LogP contribution in [0.2, 0.25) is 0 Å². The predicted molar refractivity (Wildman–Crippen MR) is 150 cm³/mol. The van der Waals surface area contributed by atoms with Gasteiger partial charge < -0.3 is 29.8 Å². The molecule has 0 heterocycles. The Bertz CT molecular complexity index is 1020. The van der Waals surface area contributed by atoms with Gasteiger partial charge in [0.25, 0.3) is 0 Å². The maximum Gasteiger partial charge on any atom is 0.508 e. The number of carboxylic acids is 1. The van der Waals surface area contributed by atoms with Crippen molar-refractivity contribution in [1.29, 1.82) is 0 Å². The first-order valence-corrected chi connectivity index (χ1v) is 14.0. The molecule has 4 unspecified atom stereocenters. The lowest BCUT2D eigenvalue weighted by molar-refractivity contribution is -0.145. The molecule has 0 spiro atoms. The molecule has 10 heteroatoms. The molecule has 0 saturated carbocycles. The van der Waals surface area contributed by atoms with Crippen LogP contribution in [0.4, 0.5) is 4.79 Å². The molecule has 1 aromatic rings. The molecule has 0 bridgehead atoms. The van der Waals surface area contributed by atoms with Gasteiger partial charge in [-0.05, 0) is 49.8 Å². The standard InChI is InChI=1S/C30H47NO9/c1-10-11-19(6)37-29(36)38-20(7)15-30(31,28(34)35)16-23-12-13-24(39-26(32)21(8)17(2)3)25(14-23)40-27(33)22(9)18(4)5/h12-14,17-22H,10-11,15-16,31H2,1-9H3,(H,34,35)/t19?,20-,21?,22?,30?/m0/s1. The molecule has 1 aromatic carbocycles. The first kappa shape index (κ1) is 34.9. The van der Waals surface area contributed by atoms with Crippen molar-refractivity contribution >= 4 is 24.1 Å². The van der Waals surface area contributed by atoms with Gasteiger partial charge >= 0.3 is 24.1 Å². The van der Waals surface area contributed by atoms with Gasteiger partial charge in [0, 0.05) is 12.8 Å². The Morgan fingerprint density at radius 2 is 1.32 bits per heavy atom. The molecule has 0 fully saturated rings. The Morgan fingerprint density at radius 1 is 0.825 bits per heavy atom. The molecule has 0 radical (unpaired) electrons. The molecule has 1 rings (SSSR count). The molecule has 0 aliphatic carbocycles. The van der Waals surface area contributed by atoms with Crippen LogP contribution in [0.15, 0.2) is 18.2 Å². The number of aliphatic carboxylic acids is 1. The van der Waals surface area contributed by atoms with Crippen molar-refractivity contribution in [3.05, 3.63) is 23.8 Å². The number of nitrogens with two attached hydrogens (primary N) is 1. The van der Waals surface area contributed by atoms with E-state index in [4.69, 9.17) is 24.7 Å². The highest BCUT2D eigenvalue weighted by molar-refractivity contribution is 5.80. The van der Waals surface area contributed by atoms with E-state index in [2.05, 4.69) is 0 Å². The van der Waals surface area contributed by atoms with Gasteiger partial charge in [-0.3, -0.25) is 14.4 Å². The summed E-state index contributed by atoms with van der Waals surface area (Å²) in [4.78, 5) is 49.7. The third-order valence-corrected chi connectivity index (χ3v) is 7.06. The van der Waals surface area contributed by atoms with Gasteiger partial charge in [0.1, 0.15) is 17.7 Å². The molecular weight excluding hydrogens is 518 g/mol. The van der Waals surface area contributed by atoms with Crippen LogP contribution < -0.4 is 15.2 Å². The summed E-state index contributed by atoms with van der Waals surface area (Å²) in [6.45, 7) is 16.3. The molecule has 226 valence electrons. The number of carbonyl (C=O) groups is 4. The number of hydrogen-bond donors (Lipinski definition) is 2. The van der Waals surface area contributed by atoms with Gasteiger partial charge in [0.05, 0.1) is 11.8 Å². The molecule has 0 aliphatic heterocycles. The van der Waals surface area contributed by atoms with Crippen LogP contribution in [0.25, 0.3) is 0 Å². The van der Waals surface area contributed by atoms with E-state index in [9.17, 15) is 24.3 Å². The van der Waals surface area contributed by atoms with Crippen LogP contribution in [0, 0.1) is 23.7 Å². The number of benzene rings is 1. The largest absolute Gasteiger partial charge is 0.508 e. The molecule has 0 aromatic heterocycles. The first-order valence-electron chi connectivity index (χ1n) is 14.0. The zero-order chi connectivity index (χ0) is 30.8. The molecule has 0 saturated heterocycles. The minimum atomic E-state index is -1.83. The Hall–Kier alpha value is -3.14. The quantitative estimate of drug-likeness (QED) is 0.205. The highest BCUT2D eigenvalue weighted by Crippen LogP contribution is 2.33. The van der Waals surface area contributed by atoms with E-state index in [0.29, 0.717) is 12.0 Å². The number of rotatable bonds is 15. The van der Waals surface area contributed by atoms with Gasteiger partial charge in [0.15, 0.2) is 11.5 Å². The van der Waals surface area contributed by atoms with Gasteiger partial charge in [-0.15, -0.1) is 0 Å². The Morgan fingerprint density at radius 3 is 1.80 bits per heavy atom.